The van der Waals surface area contributed by atoms with Gasteiger partial charge in [0.25, 0.3) is 5.56 Å². The number of amides is 1. The number of nitrogens with one attached hydrogen (secondary N) is 1. The van der Waals surface area contributed by atoms with Gasteiger partial charge in [-0.25, -0.2) is 9.97 Å². The van der Waals surface area contributed by atoms with Crippen LogP contribution >= 0.6 is 23.1 Å². The maximum atomic E-state index is 13.1. The zero-order valence-electron chi connectivity index (χ0n) is 15.0. The topological polar surface area (TPSA) is 76.9 Å². The number of hydrogen-bond acceptors (Lipinski definition) is 6. The summed E-state index contributed by atoms with van der Waals surface area (Å²) in [5.41, 5.74) is 2.27. The standard InChI is InChI=1S/C20H16N4O2S2/c1-13-6-8-14(9-7-13)24-18(26)15-4-2-3-5-16(15)22-20(24)28-12-17(25)23-19-21-10-11-27-19/h2-11H,12H2,1H3,(H,21,23,25). The number of benzene rings is 2. The predicted molar refractivity (Wildman–Crippen MR) is 114 cm³/mol. The highest BCUT2D eigenvalue weighted by molar-refractivity contribution is 7.99. The normalized spacial score (nSPS) is 10.9. The number of thiazole rings is 1. The van der Waals surface area contributed by atoms with E-state index in [9.17, 15) is 9.59 Å². The first kappa shape index (κ1) is 18.4. The number of carbonyl (C=O) groups is 1. The molecular formula is C20H16N4O2S2. The van der Waals surface area contributed by atoms with E-state index in [0.29, 0.717) is 21.2 Å². The molecule has 0 bridgehead atoms. The number of thioether (sulfide) groups is 1. The Bertz CT molecular complexity index is 1190. The number of anilines is 1. The number of nitrogens with zero attached hydrogens (tertiary/aromatic N) is 3. The predicted octanol–water partition coefficient (Wildman–Crippen LogP) is 3.88. The van der Waals surface area contributed by atoms with Crippen LogP contribution in [0, 0.1) is 6.92 Å². The van der Waals surface area contributed by atoms with Gasteiger partial charge in [-0.05, 0) is 31.2 Å². The Morgan fingerprint density at radius 1 is 1.18 bits per heavy atom. The number of hydrogen-bond donors (Lipinski definition) is 1. The molecule has 0 saturated heterocycles. The minimum Gasteiger partial charge on any atom is -0.301 e. The first-order valence-electron chi connectivity index (χ1n) is 8.53. The second kappa shape index (κ2) is 7.95. The summed E-state index contributed by atoms with van der Waals surface area (Å²) in [7, 11) is 0. The molecule has 2 aromatic carbocycles. The van der Waals surface area contributed by atoms with E-state index in [-0.39, 0.29) is 17.2 Å². The molecule has 0 fully saturated rings. The fourth-order valence-corrected chi connectivity index (χ4v) is 4.06. The fraction of sp³-hybridized carbons (Fsp3) is 0.100. The van der Waals surface area contributed by atoms with Crippen LogP contribution in [-0.2, 0) is 4.79 Å². The Morgan fingerprint density at radius 2 is 1.96 bits per heavy atom. The van der Waals surface area contributed by atoms with Gasteiger partial charge in [0.15, 0.2) is 10.3 Å². The molecule has 0 unspecified atom stereocenters. The van der Waals surface area contributed by atoms with Crippen molar-refractivity contribution in [1.82, 2.24) is 14.5 Å². The summed E-state index contributed by atoms with van der Waals surface area (Å²) in [4.78, 5) is 34.1. The molecule has 4 aromatic rings. The van der Waals surface area contributed by atoms with Crippen molar-refractivity contribution in [3.05, 3.63) is 76.0 Å². The number of aryl methyl sites for hydroxylation is 1. The number of aromatic nitrogens is 3. The Morgan fingerprint density at radius 3 is 2.71 bits per heavy atom. The molecule has 1 amide bonds. The van der Waals surface area contributed by atoms with Crippen molar-refractivity contribution in [2.24, 2.45) is 0 Å². The Hall–Kier alpha value is -2.97. The zero-order chi connectivity index (χ0) is 19.5. The minimum atomic E-state index is -0.196. The third-order valence-electron chi connectivity index (χ3n) is 4.05. The van der Waals surface area contributed by atoms with E-state index in [1.54, 1.807) is 28.3 Å². The monoisotopic (exact) mass is 408 g/mol. The van der Waals surface area contributed by atoms with Crippen LogP contribution in [0.15, 0.2) is 70.1 Å². The van der Waals surface area contributed by atoms with Crippen LogP contribution in [-0.4, -0.2) is 26.2 Å². The van der Waals surface area contributed by atoms with Crippen LogP contribution in [0.1, 0.15) is 5.56 Å². The molecule has 4 rings (SSSR count). The first-order chi connectivity index (χ1) is 13.6. The molecule has 0 atom stereocenters. The van der Waals surface area contributed by atoms with E-state index in [1.165, 1.54) is 23.1 Å². The lowest BCUT2D eigenvalue weighted by Gasteiger charge is -2.13. The second-order valence-corrected chi connectivity index (χ2v) is 7.90. The fourth-order valence-electron chi connectivity index (χ4n) is 2.70. The van der Waals surface area contributed by atoms with Gasteiger partial charge in [0.05, 0.1) is 22.3 Å². The molecule has 6 nitrogen and oxygen atoms in total. The van der Waals surface area contributed by atoms with Crippen LogP contribution in [0.4, 0.5) is 5.13 Å². The smallest absolute Gasteiger partial charge is 0.266 e. The van der Waals surface area contributed by atoms with E-state index in [1.807, 2.05) is 43.3 Å². The molecule has 1 N–H and O–H groups in total. The van der Waals surface area contributed by atoms with Crippen molar-refractivity contribution in [2.75, 3.05) is 11.1 Å². The summed E-state index contributed by atoms with van der Waals surface area (Å²) in [6.07, 6.45) is 1.63. The first-order valence-corrected chi connectivity index (χ1v) is 10.4. The lowest BCUT2D eigenvalue weighted by atomic mass is 10.2. The van der Waals surface area contributed by atoms with Crippen LogP contribution < -0.4 is 10.9 Å². The van der Waals surface area contributed by atoms with Crippen LogP contribution in [0.2, 0.25) is 0 Å². The molecule has 8 heteroatoms. The quantitative estimate of drug-likeness (QED) is 0.401. The summed E-state index contributed by atoms with van der Waals surface area (Å²) >= 11 is 2.58. The van der Waals surface area contributed by atoms with E-state index < -0.39 is 0 Å². The third kappa shape index (κ3) is 3.83. The maximum absolute atomic E-state index is 13.1. The van der Waals surface area contributed by atoms with Crippen LogP contribution in [0.25, 0.3) is 16.6 Å². The van der Waals surface area contributed by atoms with Crippen molar-refractivity contribution in [3.63, 3.8) is 0 Å². The SMILES string of the molecule is Cc1ccc(-n2c(SCC(=O)Nc3nccs3)nc3ccccc3c2=O)cc1. The lowest BCUT2D eigenvalue weighted by molar-refractivity contribution is -0.113. The van der Waals surface area contributed by atoms with E-state index in [2.05, 4.69) is 15.3 Å². The van der Waals surface area contributed by atoms with Crippen molar-refractivity contribution in [2.45, 2.75) is 12.1 Å². The summed E-state index contributed by atoms with van der Waals surface area (Å²) in [6.45, 7) is 1.99. The van der Waals surface area contributed by atoms with Gasteiger partial charge in [-0.1, -0.05) is 41.6 Å². The van der Waals surface area contributed by atoms with Crippen LogP contribution in [0.3, 0.4) is 0 Å². The molecule has 140 valence electrons. The molecule has 0 spiro atoms. The highest BCUT2D eigenvalue weighted by Gasteiger charge is 2.15. The Kier molecular flexibility index (Phi) is 5.23. The van der Waals surface area contributed by atoms with Gasteiger partial charge in [-0.3, -0.25) is 14.2 Å². The minimum absolute atomic E-state index is 0.121. The molecule has 28 heavy (non-hydrogen) atoms. The van der Waals surface area contributed by atoms with Gasteiger partial charge in [-0.15, -0.1) is 11.3 Å². The number of rotatable bonds is 5. The van der Waals surface area contributed by atoms with Gasteiger partial charge in [-0.2, -0.15) is 0 Å². The number of fused-ring (bicyclic) bond motifs is 1. The molecule has 0 radical (unpaired) electrons. The largest absolute Gasteiger partial charge is 0.301 e. The van der Waals surface area contributed by atoms with Crippen LogP contribution in [0.5, 0.6) is 0 Å². The zero-order valence-corrected chi connectivity index (χ0v) is 16.6. The lowest BCUT2D eigenvalue weighted by Crippen LogP contribution is -2.23. The molecular weight excluding hydrogens is 392 g/mol. The van der Waals surface area contributed by atoms with E-state index in [4.69, 9.17) is 0 Å². The molecule has 0 aliphatic heterocycles. The summed E-state index contributed by atoms with van der Waals surface area (Å²) in [5.74, 6) is -0.0752. The van der Waals surface area contributed by atoms with E-state index >= 15 is 0 Å². The molecule has 0 aliphatic carbocycles. The molecule has 2 heterocycles. The highest BCUT2D eigenvalue weighted by Crippen LogP contribution is 2.22. The maximum Gasteiger partial charge on any atom is 0.266 e. The van der Waals surface area contributed by atoms with Crippen molar-refractivity contribution in [1.29, 1.82) is 0 Å². The number of para-hydroxylation sites is 1. The second-order valence-electron chi connectivity index (χ2n) is 6.06. The Balaban J connectivity index is 1.71. The van der Waals surface area contributed by atoms with Gasteiger partial charge in [0, 0.05) is 11.6 Å². The molecule has 0 saturated carbocycles. The van der Waals surface area contributed by atoms with Crippen molar-refractivity contribution < 1.29 is 4.79 Å². The van der Waals surface area contributed by atoms with Gasteiger partial charge in [0.1, 0.15) is 0 Å². The average molecular weight is 409 g/mol. The Labute approximate surface area is 169 Å². The molecule has 2 aromatic heterocycles. The molecule has 0 aliphatic rings. The van der Waals surface area contributed by atoms with Gasteiger partial charge < -0.3 is 5.32 Å². The van der Waals surface area contributed by atoms with Gasteiger partial charge in [0.2, 0.25) is 5.91 Å². The van der Waals surface area contributed by atoms with Crippen molar-refractivity contribution in [3.8, 4) is 5.69 Å². The van der Waals surface area contributed by atoms with E-state index in [0.717, 1.165) is 11.3 Å². The highest BCUT2D eigenvalue weighted by atomic mass is 32.2. The summed E-state index contributed by atoms with van der Waals surface area (Å²) in [6, 6.07) is 14.9. The van der Waals surface area contributed by atoms with Crippen molar-refractivity contribution >= 4 is 45.0 Å². The third-order valence-corrected chi connectivity index (χ3v) is 5.68. The summed E-state index contributed by atoms with van der Waals surface area (Å²) < 4.78 is 1.56. The number of carbonyl (C=O) groups excluding carboxylic acids is 1. The summed E-state index contributed by atoms with van der Waals surface area (Å²) in [5, 5.41) is 6.10. The van der Waals surface area contributed by atoms with Gasteiger partial charge >= 0.3 is 0 Å². The average Bonchev–Trinajstić information content (AvgIpc) is 3.20.